The van der Waals surface area contributed by atoms with Crippen molar-refractivity contribution in [1.29, 1.82) is 0 Å². The first kappa shape index (κ1) is 18.9. The van der Waals surface area contributed by atoms with Gasteiger partial charge < -0.3 is 14.8 Å². The summed E-state index contributed by atoms with van der Waals surface area (Å²) in [7, 11) is 1.61. The molecule has 1 fully saturated rings. The van der Waals surface area contributed by atoms with Gasteiger partial charge in [0.2, 0.25) is 5.96 Å². The average Bonchev–Trinajstić information content (AvgIpc) is 3.20. The molecule has 0 saturated carbocycles. The van der Waals surface area contributed by atoms with Gasteiger partial charge in [-0.2, -0.15) is 0 Å². The molecule has 1 aliphatic heterocycles. The van der Waals surface area contributed by atoms with Crippen LogP contribution in [0.4, 0.5) is 5.69 Å². The minimum Gasteiger partial charge on any atom is -0.495 e. The van der Waals surface area contributed by atoms with Crippen molar-refractivity contribution in [2.24, 2.45) is 4.99 Å². The van der Waals surface area contributed by atoms with Crippen molar-refractivity contribution in [3.63, 3.8) is 0 Å². The normalized spacial score (nSPS) is 16.8. The summed E-state index contributed by atoms with van der Waals surface area (Å²) in [5.41, 5.74) is 2.41. The Morgan fingerprint density at radius 2 is 2.00 bits per heavy atom. The van der Waals surface area contributed by atoms with Crippen molar-refractivity contribution in [3.8, 4) is 5.75 Å². The number of methoxy groups -OCH3 is 1. The summed E-state index contributed by atoms with van der Waals surface area (Å²) < 4.78 is 11.0. The standard InChI is InChI=1S/C21H25N3O3/c1-15-9-11-16(12-10-15)20(25)24-21(22-14-17-6-5-13-27-17)23-18-7-3-4-8-19(18)26-2/h3-4,7-12,17H,5-6,13-14H2,1-2H3,(H2,22,23,24,25)/t17-/m1/s1. The highest BCUT2D eigenvalue weighted by atomic mass is 16.5. The molecule has 0 unspecified atom stereocenters. The number of benzene rings is 2. The molecule has 2 aromatic carbocycles. The van der Waals surface area contributed by atoms with Crippen molar-refractivity contribution in [2.45, 2.75) is 25.9 Å². The first-order chi connectivity index (χ1) is 13.2. The molecule has 142 valence electrons. The fraction of sp³-hybridized carbons (Fsp3) is 0.333. The maximum atomic E-state index is 12.6. The fourth-order valence-electron chi connectivity index (χ4n) is 2.85. The molecule has 0 bridgehead atoms. The Balaban J connectivity index is 1.77. The lowest BCUT2D eigenvalue weighted by atomic mass is 10.1. The van der Waals surface area contributed by atoms with Gasteiger partial charge in [0, 0.05) is 12.2 Å². The summed E-state index contributed by atoms with van der Waals surface area (Å²) in [5, 5.41) is 6.04. The van der Waals surface area contributed by atoms with E-state index in [1.165, 1.54) is 0 Å². The van der Waals surface area contributed by atoms with E-state index in [1.54, 1.807) is 19.2 Å². The lowest BCUT2D eigenvalue weighted by Crippen LogP contribution is -2.36. The third kappa shape index (κ3) is 5.31. The largest absolute Gasteiger partial charge is 0.495 e. The molecule has 6 heteroatoms. The number of aryl methyl sites for hydroxylation is 1. The van der Waals surface area contributed by atoms with Crippen molar-refractivity contribution in [1.82, 2.24) is 5.32 Å². The molecular weight excluding hydrogens is 342 g/mol. The molecular formula is C21H25N3O3. The summed E-state index contributed by atoms with van der Waals surface area (Å²) in [6.45, 7) is 3.25. The molecule has 1 saturated heterocycles. The Hall–Kier alpha value is -2.86. The minimum absolute atomic E-state index is 0.0933. The molecule has 1 atom stereocenters. The van der Waals surface area contributed by atoms with Gasteiger partial charge in [0.15, 0.2) is 0 Å². The summed E-state index contributed by atoms with van der Waals surface area (Å²) >= 11 is 0. The fourth-order valence-corrected chi connectivity index (χ4v) is 2.85. The van der Waals surface area contributed by atoms with Gasteiger partial charge in [0.05, 0.1) is 25.4 Å². The molecule has 2 aromatic rings. The van der Waals surface area contributed by atoms with Crippen LogP contribution in [0, 0.1) is 6.92 Å². The lowest BCUT2D eigenvalue weighted by molar-refractivity contribution is 0.0975. The van der Waals surface area contributed by atoms with Crippen LogP contribution in [0.5, 0.6) is 5.75 Å². The Kier molecular flexibility index (Phi) is 6.44. The Labute approximate surface area is 159 Å². The van der Waals surface area contributed by atoms with Crippen molar-refractivity contribution < 1.29 is 14.3 Å². The van der Waals surface area contributed by atoms with Crippen molar-refractivity contribution >= 4 is 17.6 Å². The summed E-state index contributed by atoms with van der Waals surface area (Å²) in [5.74, 6) is 0.830. The van der Waals surface area contributed by atoms with E-state index in [-0.39, 0.29) is 12.0 Å². The number of hydrogen-bond acceptors (Lipinski definition) is 4. The van der Waals surface area contributed by atoms with E-state index in [2.05, 4.69) is 15.6 Å². The number of hydrogen-bond donors (Lipinski definition) is 2. The zero-order valence-corrected chi connectivity index (χ0v) is 15.7. The second-order valence-corrected chi connectivity index (χ2v) is 6.47. The lowest BCUT2D eigenvalue weighted by Gasteiger charge is -2.15. The Bertz CT molecular complexity index is 797. The third-order valence-corrected chi connectivity index (χ3v) is 4.38. The topological polar surface area (TPSA) is 71.9 Å². The first-order valence-electron chi connectivity index (χ1n) is 9.10. The maximum Gasteiger partial charge on any atom is 0.257 e. The van der Waals surface area contributed by atoms with Crippen LogP contribution in [0.15, 0.2) is 53.5 Å². The minimum atomic E-state index is -0.219. The highest BCUT2D eigenvalue weighted by Crippen LogP contribution is 2.23. The van der Waals surface area contributed by atoms with E-state index in [0.717, 1.165) is 30.7 Å². The molecule has 0 spiro atoms. The first-order valence-corrected chi connectivity index (χ1v) is 9.10. The predicted molar refractivity (Wildman–Crippen MR) is 107 cm³/mol. The number of para-hydroxylation sites is 2. The zero-order valence-electron chi connectivity index (χ0n) is 15.7. The second kappa shape index (κ2) is 9.19. The van der Waals surface area contributed by atoms with Gasteiger partial charge in [-0.25, -0.2) is 4.99 Å². The molecule has 1 amide bonds. The number of ether oxygens (including phenoxy) is 2. The highest BCUT2D eigenvalue weighted by Gasteiger charge is 2.16. The number of anilines is 1. The van der Waals surface area contributed by atoms with Gasteiger partial charge in [0.25, 0.3) is 5.91 Å². The molecule has 1 heterocycles. The van der Waals surface area contributed by atoms with E-state index in [9.17, 15) is 4.79 Å². The number of carbonyl (C=O) groups is 1. The molecule has 2 N–H and O–H groups in total. The van der Waals surface area contributed by atoms with Gasteiger partial charge in [-0.05, 0) is 44.0 Å². The number of amides is 1. The number of nitrogens with zero attached hydrogens (tertiary/aromatic N) is 1. The van der Waals surface area contributed by atoms with Crippen LogP contribution in [0.2, 0.25) is 0 Å². The van der Waals surface area contributed by atoms with E-state index in [4.69, 9.17) is 9.47 Å². The van der Waals surface area contributed by atoms with E-state index in [1.807, 2.05) is 43.3 Å². The number of nitrogens with one attached hydrogen (secondary N) is 2. The van der Waals surface area contributed by atoms with Crippen molar-refractivity contribution in [2.75, 3.05) is 25.6 Å². The molecule has 6 nitrogen and oxygen atoms in total. The molecule has 1 aliphatic rings. The molecule has 0 aliphatic carbocycles. The summed E-state index contributed by atoms with van der Waals surface area (Å²) in [6.07, 6.45) is 2.12. The monoisotopic (exact) mass is 367 g/mol. The Morgan fingerprint density at radius 1 is 1.22 bits per heavy atom. The van der Waals surface area contributed by atoms with Gasteiger partial charge in [0.1, 0.15) is 5.75 Å². The highest BCUT2D eigenvalue weighted by molar-refractivity contribution is 6.10. The molecule has 0 aromatic heterocycles. The van der Waals surface area contributed by atoms with Gasteiger partial charge in [-0.1, -0.05) is 29.8 Å². The van der Waals surface area contributed by atoms with E-state index < -0.39 is 0 Å². The SMILES string of the molecule is COc1ccccc1NC(=NC[C@H]1CCCO1)NC(=O)c1ccc(C)cc1. The summed E-state index contributed by atoms with van der Waals surface area (Å²) in [4.78, 5) is 17.2. The van der Waals surface area contributed by atoms with Crippen LogP contribution < -0.4 is 15.4 Å². The van der Waals surface area contributed by atoms with E-state index >= 15 is 0 Å². The van der Waals surface area contributed by atoms with E-state index in [0.29, 0.717) is 23.8 Å². The third-order valence-electron chi connectivity index (χ3n) is 4.38. The smallest absolute Gasteiger partial charge is 0.257 e. The van der Waals surface area contributed by atoms with Crippen LogP contribution in [0.25, 0.3) is 0 Å². The number of guanidine groups is 1. The zero-order chi connectivity index (χ0) is 19.1. The van der Waals surface area contributed by atoms with Crippen LogP contribution in [0.1, 0.15) is 28.8 Å². The number of rotatable bonds is 5. The van der Waals surface area contributed by atoms with Crippen LogP contribution in [-0.2, 0) is 4.74 Å². The van der Waals surface area contributed by atoms with Gasteiger partial charge >= 0.3 is 0 Å². The quantitative estimate of drug-likeness (QED) is 0.628. The number of aliphatic imine (C=N–C) groups is 1. The van der Waals surface area contributed by atoms with Crippen molar-refractivity contribution in [3.05, 3.63) is 59.7 Å². The molecule has 3 rings (SSSR count). The Morgan fingerprint density at radius 3 is 2.70 bits per heavy atom. The molecule has 0 radical (unpaired) electrons. The molecule has 27 heavy (non-hydrogen) atoms. The maximum absolute atomic E-state index is 12.6. The van der Waals surface area contributed by atoms with Gasteiger partial charge in [-0.3, -0.25) is 10.1 Å². The summed E-state index contributed by atoms with van der Waals surface area (Å²) in [6, 6.07) is 14.9. The van der Waals surface area contributed by atoms with Crippen LogP contribution in [0.3, 0.4) is 0 Å². The predicted octanol–water partition coefficient (Wildman–Crippen LogP) is 3.38. The van der Waals surface area contributed by atoms with Crippen LogP contribution in [-0.4, -0.2) is 38.2 Å². The van der Waals surface area contributed by atoms with Crippen LogP contribution >= 0.6 is 0 Å². The number of carbonyl (C=O) groups excluding carboxylic acids is 1. The average molecular weight is 367 g/mol. The second-order valence-electron chi connectivity index (χ2n) is 6.47. The van der Waals surface area contributed by atoms with Gasteiger partial charge in [-0.15, -0.1) is 0 Å².